The van der Waals surface area contributed by atoms with Crippen molar-refractivity contribution in [2.45, 2.75) is 91.0 Å². The molecule has 2 heteroatoms. The molecule has 0 saturated carbocycles. The van der Waals surface area contributed by atoms with Gasteiger partial charge in [-0.3, -0.25) is 0 Å². The highest BCUT2D eigenvalue weighted by molar-refractivity contribution is 6.10. The number of pyridine rings is 1. The molecule has 0 atom stereocenters. The first kappa shape index (κ1) is 25.9. The second-order valence-corrected chi connectivity index (χ2v) is 13.7. The SMILES string of the molecule is CCC1(CC)Cc2ccccc2-c2cc(-n3c4ccc(C(C)(C)C)cc4c4cc(C(C)(C)C)ccc43)cc[n+]21. The van der Waals surface area contributed by atoms with E-state index in [0.717, 1.165) is 19.3 Å². The van der Waals surface area contributed by atoms with Crippen LogP contribution in [0.2, 0.25) is 0 Å². The molecule has 0 bridgehead atoms. The average Bonchev–Trinajstić information content (AvgIpc) is 3.24. The van der Waals surface area contributed by atoms with Gasteiger partial charge in [0.25, 0.3) is 0 Å². The minimum absolute atomic E-state index is 0.0973. The Bertz CT molecular complexity index is 1640. The maximum Gasteiger partial charge on any atom is 0.215 e. The van der Waals surface area contributed by atoms with Crippen molar-refractivity contribution in [2.75, 3.05) is 0 Å². The van der Waals surface area contributed by atoms with E-state index in [4.69, 9.17) is 0 Å². The molecule has 39 heavy (non-hydrogen) atoms. The summed E-state index contributed by atoms with van der Waals surface area (Å²) in [7, 11) is 0. The van der Waals surface area contributed by atoms with Gasteiger partial charge in [-0.1, -0.05) is 85.7 Å². The van der Waals surface area contributed by atoms with E-state index in [1.807, 2.05) is 0 Å². The van der Waals surface area contributed by atoms with Gasteiger partial charge in [-0.2, -0.15) is 4.57 Å². The zero-order valence-electron chi connectivity index (χ0n) is 25.0. The Balaban J connectivity index is 1.67. The fraction of sp³-hybridized carbons (Fsp3) is 0.378. The van der Waals surface area contributed by atoms with Crippen LogP contribution < -0.4 is 4.57 Å². The fourth-order valence-electron chi connectivity index (χ4n) is 6.69. The first-order valence-electron chi connectivity index (χ1n) is 14.7. The first-order valence-corrected chi connectivity index (χ1v) is 14.7. The predicted molar refractivity (Wildman–Crippen MR) is 166 cm³/mol. The van der Waals surface area contributed by atoms with Crippen molar-refractivity contribution in [3.8, 4) is 16.9 Å². The van der Waals surface area contributed by atoms with Crippen LogP contribution in [0.25, 0.3) is 38.8 Å². The number of hydrogen-bond donors (Lipinski definition) is 0. The third-order valence-electron chi connectivity index (χ3n) is 9.33. The topological polar surface area (TPSA) is 8.81 Å². The van der Waals surface area contributed by atoms with Crippen molar-refractivity contribution in [3.63, 3.8) is 0 Å². The minimum Gasteiger partial charge on any atom is -0.309 e. The van der Waals surface area contributed by atoms with Crippen molar-refractivity contribution in [2.24, 2.45) is 0 Å². The summed E-state index contributed by atoms with van der Waals surface area (Å²) < 4.78 is 5.06. The van der Waals surface area contributed by atoms with Crippen LogP contribution in [0.4, 0.5) is 0 Å². The van der Waals surface area contributed by atoms with Crippen molar-refractivity contribution in [1.29, 1.82) is 0 Å². The Kier molecular flexibility index (Phi) is 5.84. The average molecular weight is 516 g/mol. The Labute approximate surface area is 234 Å². The Morgan fingerprint density at radius 3 is 1.82 bits per heavy atom. The number of hydrogen-bond acceptors (Lipinski definition) is 0. The van der Waals surface area contributed by atoms with Crippen LogP contribution in [0.1, 0.15) is 84.9 Å². The van der Waals surface area contributed by atoms with Crippen LogP contribution in [0, 0.1) is 0 Å². The largest absolute Gasteiger partial charge is 0.309 e. The standard InChI is InChI=1S/C37H43N2/c1-9-37(10-2)24-25-13-11-12-14-29(25)34-23-28(19-20-38(34)37)39-32-17-15-26(35(3,4)5)21-30(32)31-22-27(36(6,7)8)16-18-33(31)39/h11-23H,9-10,24H2,1-8H3/q+1. The molecule has 200 valence electrons. The van der Waals surface area contributed by atoms with Crippen molar-refractivity contribution < 1.29 is 4.57 Å². The van der Waals surface area contributed by atoms with Crippen molar-refractivity contribution >= 4 is 21.8 Å². The van der Waals surface area contributed by atoms with Crippen molar-refractivity contribution in [3.05, 3.63) is 95.7 Å². The molecule has 6 rings (SSSR count). The molecule has 2 aromatic heterocycles. The first-order chi connectivity index (χ1) is 18.5. The Hall–Kier alpha value is -3.39. The molecule has 0 amide bonds. The highest BCUT2D eigenvalue weighted by Gasteiger charge is 2.43. The molecule has 1 aliphatic rings. The number of benzene rings is 3. The minimum atomic E-state index is 0.0973. The molecule has 2 nitrogen and oxygen atoms in total. The number of aromatic nitrogens is 2. The van der Waals surface area contributed by atoms with E-state index in [1.54, 1.807) is 0 Å². The van der Waals surface area contributed by atoms with Gasteiger partial charge in [0, 0.05) is 47.7 Å². The summed E-state index contributed by atoms with van der Waals surface area (Å²) in [5, 5.41) is 2.68. The maximum absolute atomic E-state index is 2.57. The highest BCUT2D eigenvalue weighted by atomic mass is 15.1. The lowest BCUT2D eigenvalue weighted by Gasteiger charge is -2.33. The fourth-order valence-corrected chi connectivity index (χ4v) is 6.69. The normalized spacial score (nSPS) is 15.0. The van der Waals surface area contributed by atoms with Gasteiger partial charge < -0.3 is 4.57 Å². The smallest absolute Gasteiger partial charge is 0.215 e. The van der Waals surface area contributed by atoms with E-state index in [0.29, 0.717) is 0 Å². The summed E-state index contributed by atoms with van der Waals surface area (Å²) >= 11 is 0. The van der Waals surface area contributed by atoms with E-state index < -0.39 is 0 Å². The summed E-state index contributed by atoms with van der Waals surface area (Å²) in [4.78, 5) is 0. The quantitative estimate of drug-likeness (QED) is 0.212. The van der Waals surface area contributed by atoms with Crippen molar-refractivity contribution in [1.82, 2.24) is 4.57 Å². The predicted octanol–water partition coefficient (Wildman–Crippen LogP) is 9.40. The van der Waals surface area contributed by atoms with Crippen LogP contribution in [0.3, 0.4) is 0 Å². The zero-order valence-corrected chi connectivity index (χ0v) is 25.0. The molecular formula is C37H43N2+. The van der Waals surface area contributed by atoms with E-state index in [2.05, 4.69) is 144 Å². The molecule has 1 aliphatic heterocycles. The van der Waals surface area contributed by atoms with Gasteiger partial charge in [-0.15, -0.1) is 0 Å². The van der Waals surface area contributed by atoms with E-state index in [9.17, 15) is 0 Å². The summed E-state index contributed by atoms with van der Waals surface area (Å²) in [5.74, 6) is 0. The molecule has 0 N–H and O–H groups in total. The maximum atomic E-state index is 2.57. The van der Waals surface area contributed by atoms with Crippen LogP contribution in [-0.2, 0) is 22.8 Å². The lowest BCUT2D eigenvalue weighted by molar-refractivity contribution is -0.758. The Morgan fingerprint density at radius 1 is 0.718 bits per heavy atom. The molecule has 0 saturated heterocycles. The Morgan fingerprint density at radius 2 is 1.28 bits per heavy atom. The van der Waals surface area contributed by atoms with E-state index in [-0.39, 0.29) is 16.4 Å². The molecule has 0 spiro atoms. The summed E-state index contributed by atoms with van der Waals surface area (Å²) in [6.07, 6.45) is 5.69. The molecule has 5 aromatic rings. The summed E-state index contributed by atoms with van der Waals surface area (Å²) in [5.41, 5.74) is 11.0. The van der Waals surface area contributed by atoms with Gasteiger partial charge >= 0.3 is 0 Å². The second kappa shape index (κ2) is 8.81. The lowest BCUT2D eigenvalue weighted by Crippen LogP contribution is -2.60. The number of fused-ring (bicyclic) bond motifs is 6. The summed E-state index contributed by atoms with van der Waals surface area (Å²) in [6.45, 7) is 18.5. The van der Waals surface area contributed by atoms with E-state index >= 15 is 0 Å². The van der Waals surface area contributed by atoms with Gasteiger partial charge in [0.2, 0.25) is 5.69 Å². The van der Waals surface area contributed by atoms with Crippen LogP contribution in [-0.4, -0.2) is 4.57 Å². The monoisotopic (exact) mass is 515 g/mol. The molecular weight excluding hydrogens is 472 g/mol. The van der Waals surface area contributed by atoms with Gasteiger partial charge in [0.15, 0.2) is 11.7 Å². The third-order valence-corrected chi connectivity index (χ3v) is 9.33. The molecule has 0 unspecified atom stereocenters. The molecule has 0 radical (unpaired) electrons. The molecule has 3 heterocycles. The molecule has 3 aromatic carbocycles. The van der Waals surface area contributed by atoms with Gasteiger partial charge in [0.05, 0.1) is 16.7 Å². The van der Waals surface area contributed by atoms with E-state index in [1.165, 1.54) is 55.4 Å². The second-order valence-electron chi connectivity index (χ2n) is 13.7. The zero-order chi connectivity index (χ0) is 27.7. The van der Waals surface area contributed by atoms with Crippen LogP contribution >= 0.6 is 0 Å². The lowest BCUT2D eigenvalue weighted by atomic mass is 9.79. The van der Waals surface area contributed by atoms with Gasteiger partial charge in [0.1, 0.15) is 0 Å². The highest BCUT2D eigenvalue weighted by Crippen LogP contribution is 2.40. The van der Waals surface area contributed by atoms with Gasteiger partial charge in [-0.05, 0) is 57.9 Å². The molecule has 0 aliphatic carbocycles. The van der Waals surface area contributed by atoms with Crippen LogP contribution in [0.5, 0.6) is 0 Å². The summed E-state index contributed by atoms with van der Waals surface area (Å²) in [6, 6.07) is 28.0. The van der Waals surface area contributed by atoms with Gasteiger partial charge in [-0.25, -0.2) is 0 Å². The van der Waals surface area contributed by atoms with Crippen LogP contribution in [0.15, 0.2) is 79.0 Å². The molecule has 0 fully saturated rings. The number of rotatable bonds is 3. The third kappa shape index (κ3) is 4.03. The number of nitrogens with zero attached hydrogens (tertiary/aromatic N) is 2.